The number of rotatable bonds is 9. The van der Waals surface area contributed by atoms with Gasteiger partial charge in [0.15, 0.2) is 18.1 Å². The Labute approximate surface area is 173 Å². The number of fused-ring (bicyclic) bond motifs is 1. The number of para-hydroxylation sites is 2. The second-order valence-electron chi connectivity index (χ2n) is 6.22. The Morgan fingerprint density at radius 3 is 2.63 bits per heavy atom. The molecule has 156 valence electrons. The summed E-state index contributed by atoms with van der Waals surface area (Å²) in [6.07, 6.45) is 1.47. The van der Waals surface area contributed by atoms with Crippen LogP contribution in [0.2, 0.25) is 0 Å². The van der Waals surface area contributed by atoms with Gasteiger partial charge in [0.2, 0.25) is 11.2 Å². The van der Waals surface area contributed by atoms with Crippen molar-refractivity contribution in [3.8, 4) is 23.0 Å². The van der Waals surface area contributed by atoms with Crippen LogP contribution in [0.25, 0.3) is 11.0 Å². The van der Waals surface area contributed by atoms with Crippen molar-refractivity contribution in [2.45, 2.75) is 13.8 Å². The van der Waals surface area contributed by atoms with Gasteiger partial charge in [0.1, 0.15) is 23.7 Å². The molecule has 0 atom stereocenters. The first kappa shape index (κ1) is 21.0. The summed E-state index contributed by atoms with van der Waals surface area (Å²) in [6, 6.07) is 11.8. The molecule has 30 heavy (non-hydrogen) atoms. The smallest absolute Gasteiger partial charge is 0.344 e. The van der Waals surface area contributed by atoms with E-state index in [0.717, 1.165) is 0 Å². The van der Waals surface area contributed by atoms with Crippen molar-refractivity contribution in [2.24, 2.45) is 0 Å². The maximum atomic E-state index is 13.0. The van der Waals surface area contributed by atoms with Crippen LogP contribution >= 0.6 is 0 Å². The molecule has 0 aliphatic rings. The third kappa shape index (κ3) is 4.81. The molecule has 3 aromatic rings. The van der Waals surface area contributed by atoms with Crippen LogP contribution in [0, 0.1) is 6.92 Å². The predicted octanol–water partition coefficient (Wildman–Crippen LogP) is 4.40. The number of hydrogen-bond donors (Lipinski definition) is 0. The quantitative estimate of drug-likeness (QED) is 0.382. The van der Waals surface area contributed by atoms with Gasteiger partial charge in [-0.2, -0.15) is 0 Å². The first-order chi connectivity index (χ1) is 14.5. The van der Waals surface area contributed by atoms with Crippen LogP contribution in [0.1, 0.15) is 12.7 Å². The summed E-state index contributed by atoms with van der Waals surface area (Å²) < 4.78 is 27.4. The van der Waals surface area contributed by atoms with E-state index >= 15 is 0 Å². The Morgan fingerprint density at radius 1 is 1.13 bits per heavy atom. The van der Waals surface area contributed by atoms with Gasteiger partial charge < -0.3 is 23.4 Å². The molecule has 1 heterocycles. The summed E-state index contributed by atoms with van der Waals surface area (Å²) in [4.78, 5) is 24.5. The number of hydrogen-bond acceptors (Lipinski definition) is 7. The molecule has 0 unspecified atom stereocenters. The number of aryl methyl sites for hydroxylation is 1. The highest BCUT2D eigenvalue weighted by molar-refractivity contribution is 5.80. The second-order valence-corrected chi connectivity index (χ2v) is 6.22. The van der Waals surface area contributed by atoms with Gasteiger partial charge in [0, 0.05) is 6.07 Å². The molecular weight excluding hydrogens is 388 g/mol. The minimum atomic E-state index is -0.524. The highest BCUT2D eigenvalue weighted by Gasteiger charge is 2.16. The van der Waals surface area contributed by atoms with Crippen LogP contribution in [0.5, 0.6) is 23.0 Å². The Kier molecular flexibility index (Phi) is 6.75. The van der Waals surface area contributed by atoms with Crippen molar-refractivity contribution in [3.05, 3.63) is 71.1 Å². The lowest BCUT2D eigenvalue weighted by Gasteiger charge is -2.13. The van der Waals surface area contributed by atoms with Crippen LogP contribution in [0.15, 0.2) is 64.3 Å². The van der Waals surface area contributed by atoms with Crippen LogP contribution in [0.4, 0.5) is 0 Å². The maximum Gasteiger partial charge on any atom is 0.344 e. The van der Waals surface area contributed by atoms with Gasteiger partial charge in [0.25, 0.3) is 0 Å². The largest absolute Gasteiger partial charge is 0.490 e. The number of carbonyl (C=O) groups excluding carboxylic acids is 1. The Balaban J connectivity index is 1.86. The third-order valence-corrected chi connectivity index (χ3v) is 4.07. The minimum absolute atomic E-state index is 0.0799. The lowest BCUT2D eigenvalue weighted by molar-refractivity contribution is -0.144. The lowest BCUT2D eigenvalue weighted by atomic mass is 10.2. The molecule has 0 amide bonds. The molecule has 0 radical (unpaired) electrons. The van der Waals surface area contributed by atoms with E-state index in [2.05, 4.69) is 6.58 Å². The van der Waals surface area contributed by atoms with E-state index in [9.17, 15) is 9.59 Å². The number of benzene rings is 2. The fraction of sp³-hybridized carbons (Fsp3) is 0.217. The SMILES string of the molecule is C=CCOC(=O)COc1ccc2c(=O)c(Oc3ccccc3OCC)c(C)oc2c1. The average molecular weight is 410 g/mol. The van der Waals surface area contributed by atoms with Crippen molar-refractivity contribution in [1.82, 2.24) is 0 Å². The Hall–Kier alpha value is -3.74. The van der Waals surface area contributed by atoms with Crippen molar-refractivity contribution >= 4 is 16.9 Å². The monoisotopic (exact) mass is 410 g/mol. The topological polar surface area (TPSA) is 84.2 Å². The van der Waals surface area contributed by atoms with Gasteiger partial charge in [-0.05, 0) is 38.1 Å². The van der Waals surface area contributed by atoms with Crippen LogP contribution in [-0.2, 0) is 9.53 Å². The molecule has 1 aromatic heterocycles. The first-order valence-corrected chi connectivity index (χ1v) is 9.40. The molecule has 0 fully saturated rings. The standard InChI is InChI=1S/C23H22O7/c1-4-12-27-21(24)14-28-16-10-11-17-20(13-16)29-15(3)23(22(17)25)30-19-9-7-6-8-18(19)26-5-2/h4,6-11,13H,1,5,12,14H2,2-3H3. The van der Waals surface area contributed by atoms with Crippen molar-refractivity contribution < 1.29 is 28.2 Å². The summed E-state index contributed by atoms with van der Waals surface area (Å²) in [6.45, 7) is 7.29. The zero-order valence-corrected chi connectivity index (χ0v) is 16.8. The fourth-order valence-corrected chi connectivity index (χ4v) is 2.73. The number of esters is 1. The van der Waals surface area contributed by atoms with Gasteiger partial charge in [-0.25, -0.2) is 4.79 Å². The highest BCUT2D eigenvalue weighted by Crippen LogP contribution is 2.33. The van der Waals surface area contributed by atoms with Crippen LogP contribution in [-0.4, -0.2) is 25.8 Å². The van der Waals surface area contributed by atoms with Crippen molar-refractivity contribution in [3.63, 3.8) is 0 Å². The molecule has 3 rings (SSSR count). The molecule has 0 saturated heterocycles. The first-order valence-electron chi connectivity index (χ1n) is 9.40. The predicted molar refractivity (Wildman–Crippen MR) is 112 cm³/mol. The Morgan fingerprint density at radius 2 is 1.90 bits per heavy atom. The highest BCUT2D eigenvalue weighted by atomic mass is 16.6. The van der Waals surface area contributed by atoms with Gasteiger partial charge in [0.05, 0.1) is 12.0 Å². The van der Waals surface area contributed by atoms with Crippen LogP contribution in [0.3, 0.4) is 0 Å². The van der Waals surface area contributed by atoms with E-state index in [1.54, 1.807) is 43.3 Å². The summed E-state index contributed by atoms with van der Waals surface area (Å²) in [5.41, 5.74) is -0.00287. The second kappa shape index (κ2) is 9.65. The van der Waals surface area contributed by atoms with Gasteiger partial charge in [-0.15, -0.1) is 0 Å². The summed E-state index contributed by atoms with van der Waals surface area (Å²) in [5, 5.41) is 0.325. The molecule has 7 heteroatoms. The normalized spacial score (nSPS) is 10.5. The van der Waals surface area contributed by atoms with Gasteiger partial charge in [-0.3, -0.25) is 4.79 Å². The third-order valence-electron chi connectivity index (χ3n) is 4.07. The zero-order valence-electron chi connectivity index (χ0n) is 16.8. The molecule has 0 bridgehead atoms. The van der Waals surface area contributed by atoms with Crippen LogP contribution < -0.4 is 19.6 Å². The molecule has 0 aliphatic heterocycles. The molecule has 0 spiro atoms. The summed E-state index contributed by atoms with van der Waals surface area (Å²) in [5.74, 6) is 1.19. The molecule has 7 nitrogen and oxygen atoms in total. The summed E-state index contributed by atoms with van der Waals surface area (Å²) >= 11 is 0. The summed E-state index contributed by atoms with van der Waals surface area (Å²) in [7, 11) is 0. The average Bonchev–Trinajstić information content (AvgIpc) is 2.74. The lowest BCUT2D eigenvalue weighted by Crippen LogP contribution is -2.15. The minimum Gasteiger partial charge on any atom is -0.490 e. The molecule has 0 N–H and O–H groups in total. The molecule has 2 aromatic carbocycles. The maximum absolute atomic E-state index is 13.0. The molecular formula is C23H22O7. The van der Waals surface area contributed by atoms with Crippen molar-refractivity contribution in [1.29, 1.82) is 0 Å². The van der Waals surface area contributed by atoms with E-state index < -0.39 is 5.97 Å². The van der Waals surface area contributed by atoms with E-state index in [-0.39, 0.29) is 24.4 Å². The molecule has 0 saturated carbocycles. The van der Waals surface area contributed by atoms with E-state index in [4.69, 9.17) is 23.4 Å². The Bertz CT molecular complexity index is 1110. The number of ether oxygens (including phenoxy) is 4. The van der Waals surface area contributed by atoms with Crippen molar-refractivity contribution in [2.75, 3.05) is 19.8 Å². The van der Waals surface area contributed by atoms with E-state index in [0.29, 0.717) is 40.6 Å². The van der Waals surface area contributed by atoms with E-state index in [1.807, 2.05) is 13.0 Å². The van der Waals surface area contributed by atoms with Gasteiger partial charge in [-0.1, -0.05) is 24.8 Å². The molecule has 0 aliphatic carbocycles. The van der Waals surface area contributed by atoms with Gasteiger partial charge >= 0.3 is 5.97 Å². The fourth-order valence-electron chi connectivity index (χ4n) is 2.73. The zero-order chi connectivity index (χ0) is 21.5. The number of carbonyl (C=O) groups is 1. The van der Waals surface area contributed by atoms with E-state index in [1.165, 1.54) is 6.08 Å².